The van der Waals surface area contributed by atoms with E-state index in [9.17, 15) is 0 Å². The second-order valence-electron chi connectivity index (χ2n) is 1.47. The summed E-state index contributed by atoms with van der Waals surface area (Å²) in [5, 5.41) is 13.5. The Morgan fingerprint density at radius 3 is 1.80 bits per heavy atom. The van der Waals surface area contributed by atoms with E-state index in [-0.39, 0.29) is 0 Å². The van der Waals surface area contributed by atoms with Crippen LogP contribution in [0.5, 0.6) is 0 Å². The fourth-order valence-corrected chi connectivity index (χ4v) is 0.194. The van der Waals surface area contributed by atoms with Gasteiger partial charge in [0.1, 0.15) is 6.34 Å². The first-order valence-electron chi connectivity index (χ1n) is 3.27. The molecule has 0 fully saturated rings. The third-order valence-corrected chi connectivity index (χ3v) is 0.801. The standard InChI is InChI=1S/C5H9N3.C2H6/c1-4(7)5(2)8-3-6;1-2/h3,6-7H,1-2H3;1-2H3. The van der Waals surface area contributed by atoms with Gasteiger partial charge in [0.25, 0.3) is 0 Å². The Morgan fingerprint density at radius 2 is 1.70 bits per heavy atom. The molecule has 2 N–H and O–H groups in total. The van der Waals surface area contributed by atoms with Crippen molar-refractivity contribution in [2.45, 2.75) is 27.7 Å². The minimum atomic E-state index is 0.411. The molecule has 10 heavy (non-hydrogen) atoms. The number of nitrogens with zero attached hydrogens (tertiary/aromatic N) is 1. The number of aliphatic imine (C=N–C) groups is 1. The van der Waals surface area contributed by atoms with Gasteiger partial charge in [-0.15, -0.1) is 0 Å². The molecule has 3 nitrogen and oxygen atoms in total. The lowest BCUT2D eigenvalue weighted by atomic mass is 10.3. The first-order valence-corrected chi connectivity index (χ1v) is 3.27. The molecule has 0 amide bonds. The molecule has 0 aliphatic heterocycles. The van der Waals surface area contributed by atoms with Crippen molar-refractivity contribution >= 4 is 17.8 Å². The number of rotatable bonds is 2. The molecule has 0 saturated heterocycles. The van der Waals surface area contributed by atoms with Gasteiger partial charge in [-0.2, -0.15) is 0 Å². The molecule has 0 aliphatic carbocycles. The summed E-state index contributed by atoms with van der Waals surface area (Å²) >= 11 is 0. The normalized spacial score (nSPS) is 9.40. The third kappa shape index (κ3) is 7.01. The first-order chi connectivity index (χ1) is 4.68. The molecule has 0 atom stereocenters. The lowest BCUT2D eigenvalue weighted by molar-refractivity contribution is 1.47. The molecule has 0 unspecified atom stereocenters. The molecule has 0 bridgehead atoms. The lowest BCUT2D eigenvalue weighted by Gasteiger charge is -1.88. The summed E-state index contributed by atoms with van der Waals surface area (Å²) in [6.45, 7) is 7.34. The largest absolute Gasteiger partial charge is 0.304 e. The molecule has 0 aromatic carbocycles. The SMILES string of the molecule is CC.CC(=N)C(C)=NC=N. The average molecular weight is 141 g/mol. The summed E-state index contributed by atoms with van der Waals surface area (Å²) in [6, 6.07) is 0. The minimum absolute atomic E-state index is 0.411. The molecular formula is C7H15N3. The molecular weight excluding hydrogens is 126 g/mol. The molecule has 3 heteroatoms. The summed E-state index contributed by atoms with van der Waals surface area (Å²) < 4.78 is 0. The Kier molecular flexibility index (Phi) is 9.42. The second kappa shape index (κ2) is 8.01. The molecule has 0 spiro atoms. The van der Waals surface area contributed by atoms with E-state index in [1.807, 2.05) is 13.8 Å². The minimum Gasteiger partial charge on any atom is -0.304 e. The maximum absolute atomic E-state index is 6.97. The van der Waals surface area contributed by atoms with Gasteiger partial charge in [0.15, 0.2) is 0 Å². The van der Waals surface area contributed by atoms with Gasteiger partial charge < -0.3 is 5.41 Å². The Balaban J connectivity index is 0. The van der Waals surface area contributed by atoms with Crippen molar-refractivity contribution in [3.8, 4) is 0 Å². The fraction of sp³-hybridized carbons (Fsp3) is 0.571. The van der Waals surface area contributed by atoms with Crippen LogP contribution in [0.3, 0.4) is 0 Å². The van der Waals surface area contributed by atoms with Gasteiger partial charge in [-0.1, -0.05) is 13.8 Å². The zero-order valence-electron chi connectivity index (χ0n) is 7.02. The van der Waals surface area contributed by atoms with Gasteiger partial charge in [-0.05, 0) is 13.8 Å². The van der Waals surface area contributed by atoms with Crippen molar-refractivity contribution in [1.29, 1.82) is 10.8 Å². The summed E-state index contributed by atoms with van der Waals surface area (Å²) in [7, 11) is 0. The van der Waals surface area contributed by atoms with Crippen LogP contribution in [0.4, 0.5) is 0 Å². The number of hydrogen-bond acceptors (Lipinski definition) is 2. The predicted molar refractivity (Wildman–Crippen MR) is 46.6 cm³/mol. The molecule has 58 valence electrons. The van der Waals surface area contributed by atoms with E-state index in [1.165, 1.54) is 0 Å². The van der Waals surface area contributed by atoms with E-state index in [2.05, 4.69) is 4.99 Å². The quantitative estimate of drug-likeness (QED) is 0.437. The van der Waals surface area contributed by atoms with Gasteiger partial charge >= 0.3 is 0 Å². The fourth-order valence-electron chi connectivity index (χ4n) is 0.194. The molecule has 0 aromatic heterocycles. The van der Waals surface area contributed by atoms with Gasteiger partial charge in [0.05, 0.1) is 5.71 Å². The highest BCUT2D eigenvalue weighted by atomic mass is 14.8. The summed E-state index contributed by atoms with van der Waals surface area (Å²) in [4.78, 5) is 3.56. The molecule has 0 aromatic rings. The van der Waals surface area contributed by atoms with Crippen LogP contribution < -0.4 is 0 Å². The second-order valence-corrected chi connectivity index (χ2v) is 1.47. The van der Waals surface area contributed by atoms with Crippen molar-refractivity contribution in [2.75, 3.05) is 0 Å². The van der Waals surface area contributed by atoms with Crippen LogP contribution in [0.1, 0.15) is 27.7 Å². The Bertz CT molecular complexity index is 136. The Morgan fingerprint density at radius 1 is 1.30 bits per heavy atom. The van der Waals surface area contributed by atoms with E-state index in [4.69, 9.17) is 10.8 Å². The third-order valence-electron chi connectivity index (χ3n) is 0.801. The highest BCUT2D eigenvalue weighted by molar-refractivity contribution is 6.40. The molecule has 0 rings (SSSR count). The molecule has 0 aliphatic rings. The van der Waals surface area contributed by atoms with Gasteiger partial charge in [0.2, 0.25) is 0 Å². The van der Waals surface area contributed by atoms with E-state index in [0.29, 0.717) is 11.4 Å². The first kappa shape index (κ1) is 11.8. The Hall–Kier alpha value is -0.990. The van der Waals surface area contributed by atoms with Gasteiger partial charge in [0, 0.05) is 5.71 Å². The van der Waals surface area contributed by atoms with Crippen molar-refractivity contribution in [3.05, 3.63) is 0 Å². The Labute approximate surface area is 62.2 Å². The number of nitrogens with one attached hydrogen (secondary N) is 2. The molecule has 0 saturated carbocycles. The van der Waals surface area contributed by atoms with Crippen LogP contribution >= 0.6 is 0 Å². The smallest absolute Gasteiger partial charge is 0.107 e. The van der Waals surface area contributed by atoms with Crippen molar-refractivity contribution in [2.24, 2.45) is 4.99 Å². The lowest BCUT2D eigenvalue weighted by Crippen LogP contribution is -2.02. The van der Waals surface area contributed by atoms with Crippen molar-refractivity contribution in [3.63, 3.8) is 0 Å². The van der Waals surface area contributed by atoms with Crippen LogP contribution in [0.2, 0.25) is 0 Å². The molecule has 0 heterocycles. The van der Waals surface area contributed by atoms with Crippen LogP contribution in [-0.2, 0) is 0 Å². The van der Waals surface area contributed by atoms with Crippen LogP contribution in [-0.4, -0.2) is 17.8 Å². The summed E-state index contributed by atoms with van der Waals surface area (Å²) in [6.07, 6.45) is 0.938. The van der Waals surface area contributed by atoms with E-state index in [0.717, 1.165) is 6.34 Å². The summed E-state index contributed by atoms with van der Waals surface area (Å²) in [5.74, 6) is 0. The zero-order valence-corrected chi connectivity index (χ0v) is 7.02. The maximum atomic E-state index is 6.97. The van der Waals surface area contributed by atoms with Crippen molar-refractivity contribution in [1.82, 2.24) is 0 Å². The summed E-state index contributed by atoms with van der Waals surface area (Å²) in [5.41, 5.74) is 1.01. The highest BCUT2D eigenvalue weighted by Crippen LogP contribution is 1.76. The van der Waals surface area contributed by atoms with Crippen LogP contribution in [0.25, 0.3) is 0 Å². The van der Waals surface area contributed by atoms with E-state index >= 15 is 0 Å². The average Bonchev–Trinajstić information content (AvgIpc) is 1.93. The van der Waals surface area contributed by atoms with E-state index < -0.39 is 0 Å². The zero-order chi connectivity index (χ0) is 8.57. The van der Waals surface area contributed by atoms with Crippen molar-refractivity contribution < 1.29 is 0 Å². The highest BCUT2D eigenvalue weighted by Gasteiger charge is 1.87. The predicted octanol–water partition coefficient (Wildman–Crippen LogP) is 2.12. The topological polar surface area (TPSA) is 60.1 Å². The maximum Gasteiger partial charge on any atom is 0.107 e. The van der Waals surface area contributed by atoms with Crippen LogP contribution in [0.15, 0.2) is 4.99 Å². The number of hydrogen-bond donors (Lipinski definition) is 2. The van der Waals surface area contributed by atoms with E-state index in [1.54, 1.807) is 13.8 Å². The monoisotopic (exact) mass is 141 g/mol. The van der Waals surface area contributed by atoms with Crippen LogP contribution in [0, 0.1) is 10.8 Å². The molecule has 0 radical (unpaired) electrons. The van der Waals surface area contributed by atoms with Gasteiger partial charge in [-0.25, -0.2) is 4.99 Å². The van der Waals surface area contributed by atoms with Gasteiger partial charge in [-0.3, -0.25) is 5.41 Å².